The van der Waals surface area contributed by atoms with Crippen LogP contribution in [0, 0.1) is 0 Å². The Morgan fingerprint density at radius 1 is 1.03 bits per heavy atom. The van der Waals surface area contributed by atoms with E-state index in [9.17, 15) is 4.79 Å². The summed E-state index contributed by atoms with van der Waals surface area (Å²) in [6.07, 6.45) is 9.03. The zero-order chi connectivity index (χ0) is 23.9. The maximum absolute atomic E-state index is 13.5. The molecule has 0 aliphatic carbocycles. The molecule has 0 amide bonds. The number of piperidine rings is 1. The van der Waals surface area contributed by atoms with Crippen molar-refractivity contribution in [1.29, 1.82) is 0 Å². The molecule has 0 bridgehead atoms. The van der Waals surface area contributed by atoms with E-state index in [2.05, 4.69) is 28.5 Å². The van der Waals surface area contributed by atoms with Crippen LogP contribution in [0.2, 0.25) is 5.02 Å². The van der Waals surface area contributed by atoms with Crippen molar-refractivity contribution < 1.29 is 9.53 Å². The first-order valence-electron chi connectivity index (χ1n) is 12.8. The SMILES string of the molecule is CCC(CCCCC(=O)c1c(COc2ccc(Cl)cc2)n(C)c2ccccc12)N1CCCCC1. The lowest BCUT2D eigenvalue weighted by Crippen LogP contribution is -2.38. The van der Waals surface area contributed by atoms with Crippen LogP contribution < -0.4 is 4.74 Å². The smallest absolute Gasteiger partial charge is 0.165 e. The molecule has 4 nitrogen and oxygen atoms in total. The van der Waals surface area contributed by atoms with Gasteiger partial charge in [-0.2, -0.15) is 0 Å². The van der Waals surface area contributed by atoms with Crippen molar-refractivity contribution in [2.45, 2.75) is 70.9 Å². The van der Waals surface area contributed by atoms with E-state index in [0.717, 1.165) is 40.8 Å². The van der Waals surface area contributed by atoms with Gasteiger partial charge in [-0.15, -0.1) is 0 Å². The number of aromatic nitrogens is 1. The molecule has 1 aromatic heterocycles. The maximum atomic E-state index is 13.5. The summed E-state index contributed by atoms with van der Waals surface area (Å²) in [4.78, 5) is 16.1. The molecule has 0 radical (unpaired) electrons. The molecule has 1 fully saturated rings. The zero-order valence-electron chi connectivity index (χ0n) is 20.6. The van der Waals surface area contributed by atoms with Gasteiger partial charge in [0.15, 0.2) is 5.78 Å². The van der Waals surface area contributed by atoms with E-state index >= 15 is 0 Å². The third kappa shape index (κ3) is 5.84. The molecule has 0 saturated carbocycles. The summed E-state index contributed by atoms with van der Waals surface area (Å²) in [5, 5.41) is 1.70. The van der Waals surface area contributed by atoms with Crippen LogP contribution in [0.15, 0.2) is 48.5 Å². The number of likely N-dealkylation sites (tertiary alicyclic amines) is 1. The van der Waals surface area contributed by atoms with E-state index in [1.54, 1.807) is 0 Å². The molecule has 2 aromatic carbocycles. The Hall–Kier alpha value is -2.30. The first-order valence-corrected chi connectivity index (χ1v) is 13.2. The van der Waals surface area contributed by atoms with E-state index in [4.69, 9.17) is 16.3 Å². The van der Waals surface area contributed by atoms with Crippen molar-refractivity contribution >= 4 is 28.3 Å². The Balaban J connectivity index is 1.42. The molecule has 3 aromatic rings. The molecule has 34 heavy (non-hydrogen) atoms. The third-order valence-electron chi connectivity index (χ3n) is 7.27. The summed E-state index contributed by atoms with van der Waals surface area (Å²) in [6, 6.07) is 16.2. The average Bonchev–Trinajstić information content (AvgIpc) is 3.16. The Bertz CT molecular complexity index is 1080. The molecule has 1 aliphatic heterocycles. The van der Waals surface area contributed by atoms with Gasteiger partial charge in [-0.25, -0.2) is 0 Å². The summed E-state index contributed by atoms with van der Waals surface area (Å²) in [5.74, 6) is 0.967. The minimum atomic E-state index is 0.220. The predicted molar refractivity (Wildman–Crippen MR) is 141 cm³/mol. The Kier molecular flexibility index (Phi) is 8.69. The molecular weight excluding hydrogens is 444 g/mol. The number of ether oxygens (including phenoxy) is 1. The van der Waals surface area contributed by atoms with Crippen molar-refractivity contribution in [3.63, 3.8) is 0 Å². The molecular formula is C29H37ClN2O2. The van der Waals surface area contributed by atoms with Crippen molar-refractivity contribution in [2.24, 2.45) is 7.05 Å². The summed E-state index contributed by atoms with van der Waals surface area (Å²) in [5.41, 5.74) is 2.81. The van der Waals surface area contributed by atoms with Crippen molar-refractivity contribution in [3.05, 3.63) is 64.8 Å². The van der Waals surface area contributed by atoms with Gasteiger partial charge in [-0.05, 0) is 75.5 Å². The van der Waals surface area contributed by atoms with Gasteiger partial charge in [-0.3, -0.25) is 4.79 Å². The fourth-order valence-corrected chi connectivity index (χ4v) is 5.45. The minimum Gasteiger partial charge on any atom is -0.487 e. The topological polar surface area (TPSA) is 34.5 Å². The number of carbonyl (C=O) groups is 1. The number of ketones is 1. The number of carbonyl (C=O) groups excluding carboxylic acids is 1. The van der Waals surface area contributed by atoms with Gasteiger partial charge in [0.1, 0.15) is 12.4 Å². The minimum absolute atomic E-state index is 0.220. The molecule has 0 spiro atoms. The van der Waals surface area contributed by atoms with E-state index < -0.39 is 0 Å². The van der Waals surface area contributed by atoms with Crippen LogP contribution in [-0.4, -0.2) is 34.4 Å². The molecule has 2 heterocycles. The van der Waals surface area contributed by atoms with Gasteiger partial charge in [0.05, 0.1) is 5.69 Å². The number of fused-ring (bicyclic) bond motifs is 1. The highest BCUT2D eigenvalue weighted by Gasteiger charge is 2.22. The highest BCUT2D eigenvalue weighted by Crippen LogP contribution is 2.29. The number of Topliss-reactive ketones (excluding diaryl/α,β-unsaturated/α-hetero) is 1. The molecule has 1 atom stereocenters. The van der Waals surface area contributed by atoms with E-state index in [-0.39, 0.29) is 5.78 Å². The zero-order valence-corrected chi connectivity index (χ0v) is 21.3. The second-order valence-electron chi connectivity index (χ2n) is 9.47. The molecule has 1 aliphatic rings. The van der Waals surface area contributed by atoms with Crippen LogP contribution in [0.4, 0.5) is 0 Å². The molecule has 0 N–H and O–H groups in total. The fourth-order valence-electron chi connectivity index (χ4n) is 5.33. The number of hydrogen-bond donors (Lipinski definition) is 0. The molecule has 1 saturated heterocycles. The molecule has 5 heteroatoms. The summed E-state index contributed by atoms with van der Waals surface area (Å²) >= 11 is 6.00. The number of para-hydroxylation sites is 1. The maximum Gasteiger partial charge on any atom is 0.165 e. The highest BCUT2D eigenvalue weighted by atomic mass is 35.5. The van der Waals surface area contributed by atoms with Gasteiger partial charge in [-0.1, -0.05) is 49.6 Å². The first-order chi connectivity index (χ1) is 16.6. The van der Waals surface area contributed by atoms with Crippen LogP contribution in [0.3, 0.4) is 0 Å². The van der Waals surface area contributed by atoms with Crippen molar-refractivity contribution in [1.82, 2.24) is 9.47 Å². The lowest BCUT2D eigenvalue weighted by molar-refractivity contribution is 0.0974. The lowest BCUT2D eigenvalue weighted by atomic mass is 9.98. The van der Waals surface area contributed by atoms with E-state index in [0.29, 0.717) is 24.1 Å². The van der Waals surface area contributed by atoms with Crippen LogP contribution >= 0.6 is 11.6 Å². The monoisotopic (exact) mass is 480 g/mol. The molecule has 1 unspecified atom stereocenters. The van der Waals surface area contributed by atoms with Gasteiger partial charge in [0.25, 0.3) is 0 Å². The predicted octanol–water partition coefficient (Wildman–Crippen LogP) is 7.42. The number of unbranched alkanes of at least 4 members (excludes halogenated alkanes) is 1. The Morgan fingerprint density at radius 3 is 2.50 bits per heavy atom. The number of benzene rings is 2. The number of rotatable bonds is 11. The fraction of sp³-hybridized carbons (Fsp3) is 0.483. The Labute approximate surface area is 208 Å². The third-order valence-corrected chi connectivity index (χ3v) is 7.52. The Morgan fingerprint density at radius 2 is 1.76 bits per heavy atom. The number of aryl methyl sites for hydroxylation is 1. The largest absolute Gasteiger partial charge is 0.487 e. The van der Waals surface area contributed by atoms with Crippen molar-refractivity contribution in [2.75, 3.05) is 13.1 Å². The van der Waals surface area contributed by atoms with Crippen LogP contribution in [0.25, 0.3) is 10.9 Å². The number of nitrogens with zero attached hydrogens (tertiary/aromatic N) is 2. The summed E-state index contributed by atoms with van der Waals surface area (Å²) in [6.45, 7) is 5.13. The number of hydrogen-bond acceptors (Lipinski definition) is 3. The van der Waals surface area contributed by atoms with Crippen LogP contribution in [-0.2, 0) is 13.7 Å². The first kappa shape index (κ1) is 24.8. The van der Waals surface area contributed by atoms with Crippen molar-refractivity contribution in [3.8, 4) is 5.75 Å². The van der Waals surface area contributed by atoms with Gasteiger partial charge >= 0.3 is 0 Å². The van der Waals surface area contributed by atoms with E-state index in [1.165, 1.54) is 45.2 Å². The molecule has 182 valence electrons. The average molecular weight is 481 g/mol. The number of halogens is 1. The molecule has 4 rings (SSSR count). The van der Waals surface area contributed by atoms with Crippen LogP contribution in [0.5, 0.6) is 5.75 Å². The highest BCUT2D eigenvalue weighted by molar-refractivity contribution is 6.30. The summed E-state index contributed by atoms with van der Waals surface area (Å²) < 4.78 is 8.15. The van der Waals surface area contributed by atoms with Gasteiger partial charge in [0.2, 0.25) is 0 Å². The second kappa shape index (κ2) is 11.9. The quantitative estimate of drug-likeness (QED) is 0.211. The van der Waals surface area contributed by atoms with Gasteiger partial charge in [0, 0.05) is 41.0 Å². The second-order valence-corrected chi connectivity index (χ2v) is 9.90. The van der Waals surface area contributed by atoms with Crippen LogP contribution in [0.1, 0.15) is 74.3 Å². The normalized spacial score (nSPS) is 15.5. The summed E-state index contributed by atoms with van der Waals surface area (Å²) in [7, 11) is 2.02. The van der Waals surface area contributed by atoms with E-state index in [1.807, 2.05) is 43.4 Å². The van der Waals surface area contributed by atoms with Gasteiger partial charge < -0.3 is 14.2 Å². The standard InChI is InChI=1S/C29H37ClN2O2/c1-3-23(32-19-9-4-10-20-32)11-5-8-14-28(33)29-25-12-6-7-13-26(25)31(2)27(29)21-34-24-17-15-22(30)16-18-24/h6-7,12-13,15-18,23H,3-5,8-11,14,19-21H2,1-2H3. The lowest BCUT2D eigenvalue weighted by Gasteiger charge is -2.34.